The Morgan fingerprint density at radius 2 is 1.81 bits per heavy atom. The topological polar surface area (TPSA) is 148 Å². The van der Waals surface area contributed by atoms with Gasteiger partial charge < -0.3 is 30.5 Å². The molecule has 226 valence electrons. The summed E-state index contributed by atoms with van der Waals surface area (Å²) < 4.78 is 11.2. The number of aryl methyl sites for hydroxylation is 1. The van der Waals surface area contributed by atoms with Gasteiger partial charge >= 0.3 is 12.1 Å². The van der Waals surface area contributed by atoms with Crippen LogP contribution in [-0.2, 0) is 32.1 Å². The Morgan fingerprint density at radius 1 is 1.05 bits per heavy atom. The minimum Gasteiger partial charge on any atom is -0.493 e. The van der Waals surface area contributed by atoms with Crippen molar-refractivity contribution in [2.24, 2.45) is 5.73 Å². The first kappa shape index (κ1) is 31.1. The lowest BCUT2D eigenvalue weighted by Crippen LogP contribution is -2.45. The van der Waals surface area contributed by atoms with E-state index in [0.717, 1.165) is 46.5 Å². The van der Waals surface area contributed by atoms with Crippen molar-refractivity contribution in [3.05, 3.63) is 82.9 Å². The number of primary amides is 1. The van der Waals surface area contributed by atoms with Gasteiger partial charge in [-0.25, -0.2) is 4.79 Å². The van der Waals surface area contributed by atoms with E-state index in [2.05, 4.69) is 5.32 Å². The molecular weight excluding hydrogens is 550 g/mol. The number of nitrogens with two attached hydrogens (primary N) is 1. The summed E-state index contributed by atoms with van der Waals surface area (Å²) >= 11 is 0. The SMILES string of the molecule is Cc1cccc(OCCCC(=O)N2CCCc3c(-c4cccc(COC(=O)NC(CC(=O)O)C(N)=O)c4)cccc32)c1C. The number of carboxylic acid groups (broad SMARTS) is 1. The Bertz CT molecular complexity index is 1500. The van der Waals surface area contributed by atoms with Crippen LogP contribution in [-0.4, -0.2) is 48.2 Å². The highest BCUT2D eigenvalue weighted by molar-refractivity contribution is 5.96. The number of carbonyl (C=O) groups excluding carboxylic acids is 3. The average molecular weight is 588 g/mol. The molecule has 3 aromatic rings. The van der Waals surface area contributed by atoms with E-state index in [4.69, 9.17) is 20.3 Å². The van der Waals surface area contributed by atoms with Crippen molar-refractivity contribution in [3.8, 4) is 16.9 Å². The zero-order chi connectivity index (χ0) is 30.9. The van der Waals surface area contributed by atoms with E-state index in [1.807, 2.05) is 73.3 Å². The van der Waals surface area contributed by atoms with Gasteiger partial charge in [0, 0.05) is 18.7 Å². The van der Waals surface area contributed by atoms with Gasteiger partial charge in [-0.2, -0.15) is 0 Å². The third-order valence-electron chi connectivity index (χ3n) is 7.52. The number of hydrogen-bond donors (Lipinski definition) is 3. The average Bonchev–Trinajstić information content (AvgIpc) is 2.99. The van der Waals surface area contributed by atoms with Gasteiger partial charge in [-0.3, -0.25) is 14.4 Å². The summed E-state index contributed by atoms with van der Waals surface area (Å²) in [6.45, 7) is 5.10. The Hall–Kier alpha value is -4.86. The van der Waals surface area contributed by atoms with Gasteiger partial charge in [-0.05, 0) is 84.7 Å². The van der Waals surface area contributed by atoms with Crippen molar-refractivity contribution in [1.29, 1.82) is 0 Å². The molecule has 1 unspecified atom stereocenters. The lowest BCUT2D eigenvalue weighted by molar-refractivity contribution is -0.139. The van der Waals surface area contributed by atoms with Crippen molar-refractivity contribution >= 4 is 29.6 Å². The highest BCUT2D eigenvalue weighted by atomic mass is 16.5. The van der Waals surface area contributed by atoms with Crippen LogP contribution >= 0.6 is 0 Å². The summed E-state index contributed by atoms with van der Waals surface area (Å²) in [7, 11) is 0. The third-order valence-corrected chi connectivity index (χ3v) is 7.52. The van der Waals surface area contributed by atoms with E-state index in [1.54, 1.807) is 6.07 Å². The molecule has 0 spiro atoms. The van der Waals surface area contributed by atoms with Crippen LogP contribution in [0.2, 0.25) is 0 Å². The molecule has 4 rings (SSSR count). The standard InChI is InChI=1S/C33H37N3O7/c1-21-8-3-14-29(22(21)2)42-17-7-15-30(37)36-16-6-12-26-25(11-5-13-28(26)36)24-10-4-9-23(18-24)20-43-33(41)35-27(32(34)40)19-31(38)39/h3-5,8-11,13-14,18,27H,6-7,12,15-17,19-20H2,1-2H3,(H2,34,40)(H,35,41)(H,38,39). The molecule has 0 aromatic heterocycles. The Labute approximate surface area is 250 Å². The summed E-state index contributed by atoms with van der Waals surface area (Å²) in [6.07, 6.45) is 1.08. The van der Waals surface area contributed by atoms with E-state index < -0.39 is 30.4 Å². The fourth-order valence-corrected chi connectivity index (χ4v) is 5.13. The summed E-state index contributed by atoms with van der Waals surface area (Å²) in [5.74, 6) is -1.33. The number of hydrogen-bond acceptors (Lipinski definition) is 6. The van der Waals surface area contributed by atoms with E-state index in [0.29, 0.717) is 31.6 Å². The molecule has 10 heteroatoms. The molecule has 0 radical (unpaired) electrons. The Morgan fingerprint density at radius 3 is 2.58 bits per heavy atom. The minimum absolute atomic E-state index is 0.0630. The number of ether oxygens (including phenoxy) is 2. The number of benzene rings is 3. The lowest BCUT2D eigenvalue weighted by Gasteiger charge is -2.31. The zero-order valence-corrected chi connectivity index (χ0v) is 24.4. The zero-order valence-electron chi connectivity index (χ0n) is 24.4. The number of rotatable bonds is 12. The predicted molar refractivity (Wildman–Crippen MR) is 162 cm³/mol. The maximum absolute atomic E-state index is 13.3. The molecule has 1 aliphatic rings. The van der Waals surface area contributed by atoms with Crippen LogP contribution in [0.1, 0.15) is 47.9 Å². The molecule has 43 heavy (non-hydrogen) atoms. The summed E-state index contributed by atoms with van der Waals surface area (Å²) in [6, 6.07) is 18.0. The van der Waals surface area contributed by atoms with Gasteiger partial charge in [0.1, 0.15) is 18.4 Å². The van der Waals surface area contributed by atoms with Gasteiger partial charge in [0.25, 0.3) is 0 Å². The first-order chi connectivity index (χ1) is 20.6. The maximum atomic E-state index is 13.3. The molecule has 3 aromatic carbocycles. The minimum atomic E-state index is -1.37. The van der Waals surface area contributed by atoms with Crippen LogP contribution in [0.3, 0.4) is 0 Å². The van der Waals surface area contributed by atoms with Crippen molar-refractivity contribution in [2.45, 2.75) is 58.6 Å². The molecule has 0 saturated carbocycles. The van der Waals surface area contributed by atoms with Crippen molar-refractivity contribution in [1.82, 2.24) is 5.32 Å². The fraction of sp³-hybridized carbons (Fsp3) is 0.333. The Balaban J connectivity index is 1.39. The lowest BCUT2D eigenvalue weighted by atomic mass is 9.91. The molecule has 10 nitrogen and oxygen atoms in total. The molecule has 0 saturated heterocycles. The van der Waals surface area contributed by atoms with Crippen LogP contribution in [0, 0.1) is 13.8 Å². The van der Waals surface area contributed by atoms with Crippen LogP contribution < -0.4 is 20.7 Å². The normalized spacial score (nSPS) is 13.0. The highest BCUT2D eigenvalue weighted by Crippen LogP contribution is 2.36. The molecule has 1 atom stereocenters. The van der Waals surface area contributed by atoms with Crippen LogP contribution in [0.5, 0.6) is 5.75 Å². The van der Waals surface area contributed by atoms with E-state index in [1.165, 1.54) is 5.56 Å². The molecule has 4 N–H and O–H groups in total. The molecule has 3 amide bonds. The molecule has 0 aliphatic carbocycles. The van der Waals surface area contributed by atoms with Crippen molar-refractivity contribution < 1.29 is 33.8 Å². The number of nitrogens with zero attached hydrogens (tertiary/aromatic N) is 1. The second-order valence-electron chi connectivity index (χ2n) is 10.6. The number of carbonyl (C=O) groups is 4. The van der Waals surface area contributed by atoms with Gasteiger partial charge in [0.15, 0.2) is 0 Å². The third kappa shape index (κ3) is 8.12. The van der Waals surface area contributed by atoms with Crippen LogP contribution in [0.25, 0.3) is 11.1 Å². The highest BCUT2D eigenvalue weighted by Gasteiger charge is 2.25. The van der Waals surface area contributed by atoms with Crippen LogP contribution in [0.4, 0.5) is 10.5 Å². The summed E-state index contributed by atoms with van der Waals surface area (Å²) in [4.78, 5) is 49.7. The van der Waals surface area contributed by atoms with Gasteiger partial charge in [0.05, 0.1) is 13.0 Å². The largest absolute Gasteiger partial charge is 0.493 e. The molecule has 1 heterocycles. The number of carboxylic acids is 1. The van der Waals surface area contributed by atoms with Crippen molar-refractivity contribution in [3.63, 3.8) is 0 Å². The summed E-state index contributed by atoms with van der Waals surface area (Å²) in [5.41, 5.74) is 12.0. The number of amides is 3. The number of nitrogens with one attached hydrogen (secondary N) is 1. The van der Waals surface area contributed by atoms with Gasteiger partial charge in [-0.1, -0.05) is 42.5 Å². The molecular formula is C33H37N3O7. The Kier molecular flexibility index (Phi) is 10.4. The van der Waals surface area contributed by atoms with E-state index in [9.17, 15) is 19.2 Å². The number of aliphatic carboxylic acids is 1. The quantitative estimate of drug-likeness (QED) is 0.261. The monoisotopic (exact) mass is 587 g/mol. The van der Waals surface area contributed by atoms with Gasteiger partial charge in [0.2, 0.25) is 11.8 Å². The molecule has 0 fully saturated rings. The molecule has 1 aliphatic heterocycles. The summed E-state index contributed by atoms with van der Waals surface area (Å²) in [5, 5.41) is 11.1. The fourth-order valence-electron chi connectivity index (χ4n) is 5.13. The van der Waals surface area contributed by atoms with E-state index in [-0.39, 0.29) is 12.5 Å². The first-order valence-corrected chi connectivity index (χ1v) is 14.3. The first-order valence-electron chi connectivity index (χ1n) is 14.3. The second-order valence-corrected chi connectivity index (χ2v) is 10.6. The van der Waals surface area contributed by atoms with E-state index >= 15 is 0 Å². The van der Waals surface area contributed by atoms with Crippen LogP contribution in [0.15, 0.2) is 60.7 Å². The van der Waals surface area contributed by atoms with Gasteiger partial charge in [-0.15, -0.1) is 0 Å². The second kappa shape index (κ2) is 14.4. The molecule has 0 bridgehead atoms. The predicted octanol–water partition coefficient (Wildman–Crippen LogP) is 4.66. The maximum Gasteiger partial charge on any atom is 0.408 e. The smallest absolute Gasteiger partial charge is 0.408 e. The number of fused-ring (bicyclic) bond motifs is 1. The van der Waals surface area contributed by atoms with Crippen molar-refractivity contribution in [2.75, 3.05) is 18.1 Å². The number of anilines is 1. The number of alkyl carbamates (subject to hydrolysis) is 1.